The fourth-order valence-corrected chi connectivity index (χ4v) is 9.91. The van der Waals surface area contributed by atoms with Crippen molar-refractivity contribution in [3.8, 4) is 23.0 Å². The van der Waals surface area contributed by atoms with E-state index in [1.54, 1.807) is 20.8 Å². The maximum Gasteiger partial charge on any atom is 0.435 e. The molecule has 0 spiro atoms. The number of rotatable bonds is 15. The predicted molar refractivity (Wildman–Crippen MR) is 260 cm³/mol. The second kappa shape index (κ2) is 20.6. The van der Waals surface area contributed by atoms with Gasteiger partial charge in [-0.1, -0.05) is 23.6 Å². The van der Waals surface area contributed by atoms with E-state index < -0.39 is 184 Å². The number of nitrogens with one attached hydrogen (secondary N) is 1. The number of nitrogens with zero attached hydrogens (tertiary/aromatic N) is 6. The van der Waals surface area contributed by atoms with Gasteiger partial charge in [0.2, 0.25) is 15.9 Å². The van der Waals surface area contributed by atoms with Gasteiger partial charge < -0.3 is 20.5 Å². The molecule has 0 aliphatic heterocycles. The summed E-state index contributed by atoms with van der Waals surface area (Å²) in [6.07, 6.45) is -12.5. The van der Waals surface area contributed by atoms with Crippen LogP contribution in [0.1, 0.15) is 93.3 Å². The first-order chi connectivity index (χ1) is 35.7. The maximum atomic E-state index is 15.6. The Morgan fingerprint density at radius 1 is 0.936 bits per heavy atom. The van der Waals surface area contributed by atoms with Crippen molar-refractivity contribution < 1.29 is 84.6 Å². The standard InChI is InChI=1S/C48H47ClF10N8O9S2/c1-44(2,3)76-35(69)18-26(60)21-75-43(70)67(78(7,73)74)42-37-32(49)11-10-29(39(37)66(64-42)22-46(52,53)54)28-9-8-27(12-13-45(4,5)77(6,71)72)61-38(28)33(16-23-14-24(50)17-25(51)15-23)62-34(68)20-65-41-36(40(63-65)48(57,58)59)30-19-31(30)47(41,55)56/h8-11,14-15,17,26,30-31,33H,16,18-22,60H2,1-7H3,(H,62,68)/t26-,30-,31+,33-/m0/s1. The maximum absolute atomic E-state index is 15.6. The van der Waals surface area contributed by atoms with Gasteiger partial charge in [0, 0.05) is 41.0 Å². The topological polar surface area (TPSA) is 228 Å². The zero-order valence-electron chi connectivity index (χ0n) is 42.0. The van der Waals surface area contributed by atoms with E-state index in [4.69, 9.17) is 26.8 Å². The van der Waals surface area contributed by atoms with Gasteiger partial charge in [-0.2, -0.15) is 49.6 Å². The van der Waals surface area contributed by atoms with Crippen LogP contribution in [0.3, 0.4) is 0 Å². The van der Waals surface area contributed by atoms with E-state index in [0.717, 1.165) is 42.7 Å². The van der Waals surface area contributed by atoms with Crippen molar-refractivity contribution in [3.63, 3.8) is 0 Å². The molecule has 422 valence electrons. The molecule has 0 radical (unpaired) electrons. The van der Waals surface area contributed by atoms with Crippen molar-refractivity contribution >= 4 is 66.2 Å². The van der Waals surface area contributed by atoms with E-state index in [1.165, 1.54) is 13.8 Å². The molecule has 1 saturated carbocycles. The van der Waals surface area contributed by atoms with Crippen molar-refractivity contribution in [2.75, 3.05) is 23.4 Å². The molecule has 78 heavy (non-hydrogen) atoms. The molecular weight excluding hydrogens is 1120 g/mol. The Labute approximate surface area is 443 Å². The molecule has 1 fully saturated rings. The first-order valence-corrected chi connectivity index (χ1v) is 27.2. The highest BCUT2D eigenvalue weighted by Crippen LogP contribution is 2.68. The fraction of sp³-hybridized carbons (Fsp3) is 0.458. The number of sulfone groups is 1. The molecule has 7 rings (SSSR count). The summed E-state index contributed by atoms with van der Waals surface area (Å²) in [6.45, 7) is 2.90. The number of hydrogen-bond donors (Lipinski definition) is 2. The number of carbonyl (C=O) groups is 3. The normalized spacial score (nSPS) is 17.1. The van der Waals surface area contributed by atoms with Crippen LogP contribution in [-0.4, -0.2) is 101 Å². The van der Waals surface area contributed by atoms with Gasteiger partial charge in [0.15, 0.2) is 21.3 Å². The number of fused-ring (bicyclic) bond motifs is 4. The lowest BCUT2D eigenvalue weighted by molar-refractivity contribution is -0.155. The summed E-state index contributed by atoms with van der Waals surface area (Å²) in [5.41, 5.74) is -1.19. The average Bonchev–Trinajstić information content (AvgIpc) is 4.05. The van der Waals surface area contributed by atoms with Gasteiger partial charge in [0.05, 0.1) is 40.3 Å². The lowest BCUT2D eigenvalue weighted by Gasteiger charge is -2.23. The summed E-state index contributed by atoms with van der Waals surface area (Å²) in [4.78, 5) is 44.9. The van der Waals surface area contributed by atoms with E-state index in [9.17, 15) is 66.3 Å². The molecule has 17 nitrogen and oxygen atoms in total. The molecule has 3 heterocycles. The molecule has 3 aromatic heterocycles. The molecule has 0 unspecified atom stereocenters. The zero-order valence-corrected chi connectivity index (χ0v) is 44.4. The zero-order chi connectivity index (χ0) is 58.2. The highest BCUT2D eigenvalue weighted by atomic mass is 35.5. The Morgan fingerprint density at radius 2 is 1.56 bits per heavy atom. The summed E-state index contributed by atoms with van der Waals surface area (Å²) < 4.78 is 209. The van der Waals surface area contributed by atoms with E-state index in [0.29, 0.717) is 12.3 Å². The third kappa shape index (κ3) is 12.8. The Hall–Kier alpha value is -6.51. The minimum atomic E-state index is -5.24. The number of esters is 1. The number of benzene rings is 2. The van der Waals surface area contributed by atoms with Crippen molar-refractivity contribution in [2.45, 2.75) is 114 Å². The number of alkyl halides is 8. The number of sulfonamides is 1. The van der Waals surface area contributed by atoms with Gasteiger partial charge in [0.25, 0.3) is 5.92 Å². The minimum absolute atomic E-state index is 0.135. The van der Waals surface area contributed by atoms with Gasteiger partial charge in [-0.25, -0.2) is 35.4 Å². The summed E-state index contributed by atoms with van der Waals surface area (Å²) in [6, 6.07) is 3.24. The largest absolute Gasteiger partial charge is 0.460 e. The van der Waals surface area contributed by atoms with Crippen LogP contribution in [0.4, 0.5) is 54.5 Å². The van der Waals surface area contributed by atoms with Crippen LogP contribution in [0.5, 0.6) is 0 Å². The van der Waals surface area contributed by atoms with E-state index >= 15 is 8.78 Å². The van der Waals surface area contributed by atoms with Crippen LogP contribution in [0.25, 0.3) is 22.0 Å². The number of ether oxygens (including phenoxy) is 2. The number of pyridine rings is 1. The Morgan fingerprint density at radius 3 is 2.14 bits per heavy atom. The highest BCUT2D eigenvalue weighted by Gasteiger charge is 2.68. The van der Waals surface area contributed by atoms with Crippen molar-refractivity contribution in [3.05, 3.63) is 93.0 Å². The molecule has 0 bridgehead atoms. The van der Waals surface area contributed by atoms with Crippen LogP contribution in [0.15, 0.2) is 42.5 Å². The Bertz CT molecular complexity index is 3530. The van der Waals surface area contributed by atoms with Crippen LogP contribution >= 0.6 is 11.6 Å². The highest BCUT2D eigenvalue weighted by molar-refractivity contribution is 7.93. The van der Waals surface area contributed by atoms with Crippen LogP contribution in [0, 0.1) is 29.4 Å². The smallest absolute Gasteiger partial charge is 0.435 e. The van der Waals surface area contributed by atoms with Crippen LogP contribution < -0.4 is 15.4 Å². The van der Waals surface area contributed by atoms with Gasteiger partial charge in [0.1, 0.15) is 53.1 Å². The minimum Gasteiger partial charge on any atom is -0.460 e. The molecule has 0 saturated heterocycles. The summed E-state index contributed by atoms with van der Waals surface area (Å²) >= 11 is 6.65. The number of carbonyl (C=O) groups excluding carboxylic acids is 3. The lowest BCUT2D eigenvalue weighted by atomic mass is 9.93. The second-order valence-electron chi connectivity index (χ2n) is 20.2. The second-order valence-corrected chi connectivity index (χ2v) is 25.0. The molecule has 5 aromatic rings. The number of anilines is 1. The first-order valence-electron chi connectivity index (χ1n) is 23.1. The first kappa shape index (κ1) is 59.2. The van der Waals surface area contributed by atoms with Crippen LogP contribution in [0.2, 0.25) is 5.02 Å². The monoisotopic (exact) mass is 1170 g/mol. The van der Waals surface area contributed by atoms with E-state index in [2.05, 4.69) is 32.3 Å². The molecule has 2 aromatic carbocycles. The molecule has 30 heteroatoms. The summed E-state index contributed by atoms with van der Waals surface area (Å²) in [7, 11) is -8.90. The van der Waals surface area contributed by atoms with E-state index in [-0.39, 0.29) is 36.9 Å². The van der Waals surface area contributed by atoms with Gasteiger partial charge in [-0.15, -0.1) is 0 Å². The molecule has 2 amide bonds. The third-order valence-corrected chi connectivity index (χ3v) is 15.5. The van der Waals surface area contributed by atoms with Gasteiger partial charge in [-0.05, 0) is 95.2 Å². The molecular formula is C48H47ClF10N8O9S2. The molecule has 2 aliphatic rings. The van der Waals surface area contributed by atoms with Gasteiger partial charge in [-0.3, -0.25) is 19.0 Å². The number of hydrogen-bond acceptors (Lipinski definition) is 13. The number of aromatic nitrogens is 5. The number of nitrogens with two attached hydrogens (primary N) is 1. The molecule has 3 N–H and O–H groups in total. The van der Waals surface area contributed by atoms with Crippen molar-refractivity contribution in [1.29, 1.82) is 0 Å². The number of halogens is 11. The predicted octanol–water partition coefficient (Wildman–Crippen LogP) is 8.25. The van der Waals surface area contributed by atoms with Crippen LogP contribution in [-0.2, 0) is 70.5 Å². The number of amides is 2. The Kier molecular flexibility index (Phi) is 15.6. The molecule has 2 aliphatic carbocycles. The van der Waals surface area contributed by atoms with Crippen molar-refractivity contribution in [2.24, 2.45) is 11.7 Å². The molecule has 4 atom stereocenters. The fourth-order valence-electron chi connectivity index (χ4n) is 8.67. The summed E-state index contributed by atoms with van der Waals surface area (Å²) in [5, 5.41) is 8.46. The third-order valence-electron chi connectivity index (χ3n) is 12.3. The quantitative estimate of drug-likeness (QED) is 0.0573. The van der Waals surface area contributed by atoms with E-state index in [1.807, 2.05) is 0 Å². The lowest BCUT2D eigenvalue weighted by Crippen LogP contribution is -2.40. The Balaban J connectivity index is 1.43. The SMILES string of the molecule is CC(C)(C)OC(=O)C[C@H](N)COC(=O)N(c1nn(CC(F)(F)F)c2c(-c3ccc(C#CC(C)(C)S(C)(=O)=O)nc3[C@H](Cc3cc(F)cc(F)c3)NC(=O)Cn3nc(C(F)(F)F)c4c3C(F)(F)[C@@H]3C[C@H]43)ccc(Cl)c12)S(C)(=O)=O. The average molecular weight is 1170 g/mol. The van der Waals surface area contributed by atoms with Gasteiger partial charge >= 0.3 is 24.4 Å². The van der Waals surface area contributed by atoms with Crippen molar-refractivity contribution in [1.82, 2.24) is 29.9 Å². The summed E-state index contributed by atoms with van der Waals surface area (Å²) in [5.74, 6) is -7.12.